The van der Waals surface area contributed by atoms with Crippen LogP contribution < -0.4 is 0 Å². The highest BCUT2D eigenvalue weighted by Gasteiger charge is 2.28. The average molecular weight is 393 g/mol. The summed E-state index contributed by atoms with van der Waals surface area (Å²) in [5.41, 5.74) is -0.121. The van der Waals surface area contributed by atoms with Gasteiger partial charge in [-0.05, 0) is 12.1 Å². The Hall–Kier alpha value is -2.30. The molecule has 0 spiro atoms. The summed E-state index contributed by atoms with van der Waals surface area (Å²) in [6, 6.07) is 5.04. The number of nitro benzene ring substituents is 1. The third kappa shape index (κ3) is 4.34. The molecule has 146 valence electrons. The molecule has 0 aliphatic carbocycles. The van der Waals surface area contributed by atoms with Crippen molar-refractivity contribution in [1.29, 1.82) is 0 Å². The highest BCUT2D eigenvalue weighted by Crippen LogP contribution is 2.20. The summed E-state index contributed by atoms with van der Waals surface area (Å²) in [6.07, 6.45) is 4.65. The summed E-state index contributed by atoms with van der Waals surface area (Å²) in [7, 11) is -3.63. The predicted molar refractivity (Wildman–Crippen MR) is 99.9 cm³/mol. The molecular weight excluding hydrogens is 370 g/mol. The lowest BCUT2D eigenvalue weighted by Crippen LogP contribution is -2.49. The summed E-state index contributed by atoms with van der Waals surface area (Å²) >= 11 is 0. The van der Waals surface area contributed by atoms with Gasteiger partial charge in [0.05, 0.1) is 9.82 Å². The van der Waals surface area contributed by atoms with Crippen LogP contribution in [-0.2, 0) is 23.0 Å². The fourth-order valence-electron chi connectivity index (χ4n) is 3.19. The van der Waals surface area contributed by atoms with Gasteiger partial charge in [-0.25, -0.2) is 13.4 Å². The van der Waals surface area contributed by atoms with E-state index in [0.717, 1.165) is 25.3 Å². The van der Waals surface area contributed by atoms with Crippen molar-refractivity contribution in [3.05, 3.63) is 52.6 Å². The number of rotatable bonds is 7. The molecular formula is C17H23N5O4S. The van der Waals surface area contributed by atoms with Crippen molar-refractivity contribution in [2.75, 3.05) is 32.7 Å². The lowest BCUT2D eigenvalue weighted by atomic mass is 10.3. The molecule has 1 aromatic heterocycles. The zero-order chi connectivity index (χ0) is 19.4. The average Bonchev–Trinajstić information content (AvgIpc) is 3.14. The van der Waals surface area contributed by atoms with Crippen LogP contribution in [0.25, 0.3) is 0 Å². The molecule has 2 aromatic rings. The maximum absolute atomic E-state index is 12.7. The van der Waals surface area contributed by atoms with E-state index in [4.69, 9.17) is 0 Å². The van der Waals surface area contributed by atoms with E-state index in [9.17, 15) is 18.5 Å². The Balaban J connectivity index is 1.57. The Morgan fingerprint density at radius 1 is 1.11 bits per heavy atom. The number of nitro groups is 1. The van der Waals surface area contributed by atoms with Gasteiger partial charge in [0.1, 0.15) is 5.82 Å². The molecule has 1 saturated heterocycles. The normalized spacial score (nSPS) is 16.5. The fourth-order valence-corrected chi connectivity index (χ4v) is 4.61. The van der Waals surface area contributed by atoms with Crippen LogP contribution in [0.2, 0.25) is 0 Å². The topological polar surface area (TPSA) is 102 Å². The molecule has 1 aliphatic heterocycles. The zero-order valence-electron chi connectivity index (χ0n) is 15.2. The van der Waals surface area contributed by atoms with E-state index < -0.39 is 14.9 Å². The lowest BCUT2D eigenvalue weighted by molar-refractivity contribution is -0.384. The highest BCUT2D eigenvalue weighted by atomic mass is 32.2. The molecule has 2 heterocycles. The first-order chi connectivity index (χ1) is 12.9. The predicted octanol–water partition coefficient (Wildman–Crippen LogP) is 1.36. The zero-order valence-corrected chi connectivity index (χ0v) is 16.0. The van der Waals surface area contributed by atoms with Gasteiger partial charge in [0.15, 0.2) is 0 Å². The van der Waals surface area contributed by atoms with E-state index >= 15 is 0 Å². The summed E-state index contributed by atoms with van der Waals surface area (Å²) < 4.78 is 29.0. The van der Waals surface area contributed by atoms with Crippen molar-refractivity contribution in [3.63, 3.8) is 0 Å². The SMILES string of the molecule is CCc1nccn1CCN1CCN(S(=O)(=O)c2ccc([N+](=O)[O-])cc2)CC1. The van der Waals surface area contributed by atoms with E-state index in [1.165, 1.54) is 28.6 Å². The van der Waals surface area contributed by atoms with Gasteiger partial charge in [0.2, 0.25) is 10.0 Å². The van der Waals surface area contributed by atoms with Crippen LogP contribution in [0.1, 0.15) is 12.7 Å². The largest absolute Gasteiger partial charge is 0.334 e. The molecule has 0 amide bonds. The molecule has 9 nitrogen and oxygen atoms in total. The Bertz CT molecular complexity index is 886. The molecule has 10 heteroatoms. The molecule has 1 aromatic carbocycles. The van der Waals surface area contributed by atoms with E-state index in [1.807, 2.05) is 6.20 Å². The van der Waals surface area contributed by atoms with Gasteiger partial charge >= 0.3 is 0 Å². The molecule has 0 saturated carbocycles. The molecule has 0 radical (unpaired) electrons. The quantitative estimate of drug-likeness (QED) is 0.520. The van der Waals surface area contributed by atoms with E-state index in [-0.39, 0.29) is 10.6 Å². The first-order valence-corrected chi connectivity index (χ1v) is 10.3. The fraction of sp³-hybridized carbons (Fsp3) is 0.471. The van der Waals surface area contributed by atoms with E-state index in [2.05, 4.69) is 21.4 Å². The van der Waals surface area contributed by atoms with Crippen LogP contribution in [-0.4, -0.2) is 64.8 Å². The number of aryl methyl sites for hydroxylation is 1. The van der Waals surface area contributed by atoms with Crippen LogP contribution in [0.4, 0.5) is 5.69 Å². The Morgan fingerprint density at radius 3 is 2.37 bits per heavy atom. The van der Waals surface area contributed by atoms with Gasteiger partial charge in [-0.15, -0.1) is 0 Å². The van der Waals surface area contributed by atoms with E-state index in [0.29, 0.717) is 26.2 Å². The molecule has 1 fully saturated rings. The minimum Gasteiger partial charge on any atom is -0.334 e. The monoisotopic (exact) mass is 393 g/mol. The maximum atomic E-state index is 12.7. The van der Waals surface area contributed by atoms with Crippen molar-refractivity contribution < 1.29 is 13.3 Å². The smallest absolute Gasteiger partial charge is 0.269 e. The Labute approximate surface area is 158 Å². The number of piperazine rings is 1. The summed E-state index contributed by atoms with van der Waals surface area (Å²) in [4.78, 5) is 16.8. The summed E-state index contributed by atoms with van der Waals surface area (Å²) in [5, 5.41) is 10.7. The van der Waals surface area contributed by atoms with Gasteiger partial charge < -0.3 is 4.57 Å². The third-order valence-electron chi connectivity index (χ3n) is 4.79. The first-order valence-electron chi connectivity index (χ1n) is 8.89. The molecule has 3 rings (SSSR count). The van der Waals surface area contributed by atoms with Crippen molar-refractivity contribution in [2.24, 2.45) is 0 Å². The number of nitrogens with zero attached hydrogens (tertiary/aromatic N) is 5. The second-order valence-corrected chi connectivity index (χ2v) is 8.33. The molecule has 0 unspecified atom stereocenters. The van der Waals surface area contributed by atoms with Crippen LogP contribution in [0.15, 0.2) is 41.6 Å². The number of benzene rings is 1. The van der Waals surface area contributed by atoms with Crippen LogP contribution >= 0.6 is 0 Å². The van der Waals surface area contributed by atoms with Crippen molar-refractivity contribution in [2.45, 2.75) is 24.8 Å². The molecule has 0 N–H and O–H groups in total. The molecule has 0 bridgehead atoms. The summed E-state index contributed by atoms with van der Waals surface area (Å²) in [5.74, 6) is 1.05. The standard InChI is InChI=1S/C17H23N5O4S/c1-2-17-18-7-8-20(17)12-9-19-10-13-21(14-11-19)27(25,26)16-5-3-15(4-6-16)22(23)24/h3-8H,2,9-14H2,1H3. The number of hydrogen-bond donors (Lipinski definition) is 0. The van der Waals surface area contributed by atoms with Crippen molar-refractivity contribution >= 4 is 15.7 Å². The van der Waals surface area contributed by atoms with Gasteiger partial charge in [-0.2, -0.15) is 4.31 Å². The number of hydrogen-bond acceptors (Lipinski definition) is 6. The minimum atomic E-state index is -3.63. The van der Waals surface area contributed by atoms with Gasteiger partial charge in [0.25, 0.3) is 5.69 Å². The number of aromatic nitrogens is 2. The second-order valence-electron chi connectivity index (χ2n) is 6.39. The third-order valence-corrected chi connectivity index (χ3v) is 6.70. The maximum Gasteiger partial charge on any atom is 0.269 e. The Morgan fingerprint density at radius 2 is 1.78 bits per heavy atom. The first kappa shape index (κ1) is 19.5. The van der Waals surface area contributed by atoms with Crippen LogP contribution in [0, 0.1) is 10.1 Å². The van der Waals surface area contributed by atoms with Crippen LogP contribution in [0.3, 0.4) is 0 Å². The molecule has 1 aliphatic rings. The van der Waals surface area contributed by atoms with Crippen molar-refractivity contribution in [3.8, 4) is 0 Å². The minimum absolute atomic E-state index is 0.0903. The van der Waals surface area contributed by atoms with Crippen molar-refractivity contribution in [1.82, 2.24) is 18.8 Å². The van der Waals surface area contributed by atoms with Gasteiger partial charge in [0, 0.05) is 70.2 Å². The second kappa shape index (κ2) is 8.15. The van der Waals surface area contributed by atoms with Gasteiger partial charge in [-0.1, -0.05) is 6.92 Å². The van der Waals surface area contributed by atoms with Gasteiger partial charge in [-0.3, -0.25) is 15.0 Å². The lowest BCUT2D eigenvalue weighted by Gasteiger charge is -2.34. The molecule has 0 atom stereocenters. The number of non-ortho nitro benzene ring substituents is 1. The van der Waals surface area contributed by atoms with Crippen LogP contribution in [0.5, 0.6) is 0 Å². The Kier molecular flexibility index (Phi) is 5.88. The number of imidazole rings is 1. The highest BCUT2D eigenvalue weighted by molar-refractivity contribution is 7.89. The molecule has 27 heavy (non-hydrogen) atoms. The summed E-state index contributed by atoms with van der Waals surface area (Å²) in [6.45, 7) is 5.87. The number of sulfonamides is 1. The van der Waals surface area contributed by atoms with E-state index in [1.54, 1.807) is 6.20 Å².